The molecular formula is C40H51N3O3. The Labute approximate surface area is 275 Å². The molecule has 0 fully saturated rings. The number of aliphatic hydroxyl groups is 1. The number of carbonyl (C=O) groups is 1. The number of allylic oxidation sites excluding steroid dienone is 3. The highest BCUT2D eigenvalue weighted by Gasteiger charge is 2.65. The lowest BCUT2D eigenvalue weighted by Crippen LogP contribution is -2.63. The summed E-state index contributed by atoms with van der Waals surface area (Å²) in [7, 11) is 4.16. The lowest BCUT2D eigenvalue weighted by atomic mass is 9.42. The van der Waals surface area contributed by atoms with Gasteiger partial charge in [0.15, 0.2) is 12.2 Å². The zero-order valence-electron chi connectivity index (χ0n) is 29.1. The Morgan fingerprint density at radius 2 is 1.80 bits per heavy atom. The Morgan fingerprint density at radius 1 is 1.17 bits per heavy atom. The topological polar surface area (TPSA) is 87.8 Å². The van der Waals surface area contributed by atoms with Gasteiger partial charge in [-0.05, 0) is 114 Å². The summed E-state index contributed by atoms with van der Waals surface area (Å²) in [6.07, 6.45) is 2.22. The number of carbonyl (C=O) groups excluding carboxylic acids is 1. The van der Waals surface area contributed by atoms with Gasteiger partial charge in [0.25, 0.3) is 0 Å². The molecule has 6 nitrogen and oxygen atoms in total. The Bertz CT molecular complexity index is 1730. The zero-order valence-corrected chi connectivity index (χ0v) is 29.1. The van der Waals surface area contributed by atoms with Crippen molar-refractivity contribution in [2.75, 3.05) is 19.0 Å². The first kappa shape index (κ1) is 33.3. The van der Waals surface area contributed by atoms with E-state index in [2.05, 4.69) is 78.2 Å². The molecule has 0 radical (unpaired) electrons. The Kier molecular flexibility index (Phi) is 8.22. The van der Waals surface area contributed by atoms with Crippen molar-refractivity contribution in [1.29, 1.82) is 0 Å². The van der Waals surface area contributed by atoms with E-state index in [4.69, 9.17) is 17.0 Å². The van der Waals surface area contributed by atoms with Crippen LogP contribution in [0.2, 0.25) is 0 Å². The van der Waals surface area contributed by atoms with E-state index in [1.54, 1.807) is 0 Å². The first-order chi connectivity index (χ1) is 21.4. The SMILES string of the molecule is C=C(NCc1cc(N(C)C)c2c(c1C)C(=C)C1=C(C)[C@]3(O)C(=C)C(C=O)=C(N)[C@@H](C(C)C)[C@]3(C)C[C@]1(C)C2)Oc1ccc(C)cc1. The normalized spacial score (nSPS) is 27.2. The molecule has 0 amide bonds. The third-order valence-corrected chi connectivity index (χ3v) is 11.2. The number of hydrogen-bond acceptors (Lipinski definition) is 6. The van der Waals surface area contributed by atoms with E-state index in [9.17, 15) is 9.90 Å². The maximum absolute atomic E-state index is 12.9. The molecule has 0 spiro atoms. The van der Waals surface area contributed by atoms with Crippen molar-refractivity contribution in [2.24, 2.45) is 28.4 Å². The van der Waals surface area contributed by atoms with E-state index >= 15 is 0 Å². The molecule has 4 N–H and O–H groups in total. The minimum Gasteiger partial charge on any atom is -0.442 e. The number of nitrogens with zero attached hydrogens (tertiary/aromatic N) is 1. The molecule has 4 atom stereocenters. The van der Waals surface area contributed by atoms with Crippen LogP contribution in [0, 0.1) is 36.5 Å². The van der Waals surface area contributed by atoms with Crippen molar-refractivity contribution in [3.05, 3.63) is 112 Å². The molecular weight excluding hydrogens is 570 g/mol. The van der Waals surface area contributed by atoms with Crippen LogP contribution in [0.1, 0.15) is 68.9 Å². The van der Waals surface area contributed by atoms with Crippen LogP contribution in [0.4, 0.5) is 5.69 Å². The summed E-state index contributed by atoms with van der Waals surface area (Å²) < 4.78 is 5.96. The summed E-state index contributed by atoms with van der Waals surface area (Å²) >= 11 is 0. The van der Waals surface area contributed by atoms with E-state index in [0.29, 0.717) is 35.7 Å². The van der Waals surface area contributed by atoms with E-state index in [1.165, 1.54) is 11.1 Å². The summed E-state index contributed by atoms with van der Waals surface area (Å²) in [4.78, 5) is 14.6. The van der Waals surface area contributed by atoms with Crippen LogP contribution in [-0.2, 0) is 17.8 Å². The molecule has 6 heteroatoms. The van der Waals surface area contributed by atoms with Crippen LogP contribution in [0.5, 0.6) is 5.75 Å². The number of fused-ring (bicyclic) bond motifs is 3. The fourth-order valence-electron chi connectivity index (χ4n) is 9.39. The lowest BCUT2D eigenvalue weighted by molar-refractivity contribution is -0.109. The number of rotatable bonds is 8. The molecule has 244 valence electrons. The summed E-state index contributed by atoms with van der Waals surface area (Å²) in [6, 6.07) is 10.1. The number of nitrogens with one attached hydrogen (secondary N) is 1. The van der Waals surface area contributed by atoms with Crippen molar-refractivity contribution >= 4 is 17.5 Å². The van der Waals surface area contributed by atoms with Crippen LogP contribution in [0.25, 0.3) is 5.57 Å². The van der Waals surface area contributed by atoms with Gasteiger partial charge in [0.1, 0.15) is 11.4 Å². The monoisotopic (exact) mass is 621 g/mol. The van der Waals surface area contributed by atoms with Crippen molar-refractivity contribution in [3.63, 3.8) is 0 Å². The molecule has 2 aromatic carbocycles. The van der Waals surface area contributed by atoms with Gasteiger partial charge in [-0.2, -0.15) is 0 Å². The van der Waals surface area contributed by atoms with E-state index in [1.807, 2.05) is 38.1 Å². The second kappa shape index (κ2) is 11.3. The van der Waals surface area contributed by atoms with Crippen molar-refractivity contribution in [3.8, 4) is 5.75 Å². The Hall–Kier alpha value is -4.03. The van der Waals surface area contributed by atoms with Gasteiger partial charge >= 0.3 is 0 Å². The molecule has 46 heavy (non-hydrogen) atoms. The number of aldehydes is 1. The molecule has 5 rings (SSSR count). The fourth-order valence-corrected chi connectivity index (χ4v) is 9.39. The number of benzene rings is 2. The van der Waals surface area contributed by atoms with Crippen molar-refractivity contribution in [2.45, 2.75) is 73.5 Å². The van der Waals surface area contributed by atoms with E-state index < -0.39 is 11.0 Å². The van der Waals surface area contributed by atoms with Gasteiger partial charge in [0.05, 0.1) is 0 Å². The van der Waals surface area contributed by atoms with Crippen molar-refractivity contribution in [1.82, 2.24) is 5.32 Å². The van der Waals surface area contributed by atoms with Crippen LogP contribution < -0.4 is 20.7 Å². The highest BCUT2D eigenvalue weighted by Crippen LogP contribution is 2.68. The fraction of sp³-hybridized carbons (Fsp3) is 0.425. The van der Waals surface area contributed by atoms with Gasteiger partial charge in [-0.3, -0.25) is 4.79 Å². The minimum atomic E-state index is -1.45. The molecule has 0 heterocycles. The Morgan fingerprint density at radius 3 is 2.37 bits per heavy atom. The molecule has 0 saturated carbocycles. The molecule has 0 unspecified atom stereocenters. The third kappa shape index (κ3) is 4.76. The number of nitrogens with two attached hydrogens (primary N) is 1. The summed E-state index contributed by atoms with van der Waals surface area (Å²) in [5.74, 6) is 1.11. The predicted molar refractivity (Wildman–Crippen MR) is 189 cm³/mol. The van der Waals surface area contributed by atoms with Gasteiger partial charge < -0.3 is 25.8 Å². The molecule has 3 aliphatic rings. The lowest BCUT2D eigenvalue weighted by Gasteiger charge is -2.63. The molecule has 0 aromatic heterocycles. The van der Waals surface area contributed by atoms with Crippen LogP contribution >= 0.6 is 0 Å². The number of anilines is 1. The van der Waals surface area contributed by atoms with E-state index in [-0.39, 0.29) is 17.3 Å². The maximum atomic E-state index is 12.9. The Balaban J connectivity index is 1.62. The highest BCUT2D eigenvalue weighted by molar-refractivity contribution is 5.91. The van der Waals surface area contributed by atoms with Crippen LogP contribution in [0.3, 0.4) is 0 Å². The van der Waals surface area contributed by atoms with Gasteiger partial charge in [0, 0.05) is 48.9 Å². The second-order valence-electron chi connectivity index (χ2n) is 14.8. The van der Waals surface area contributed by atoms with Gasteiger partial charge in [-0.25, -0.2) is 0 Å². The molecule has 0 aliphatic heterocycles. The van der Waals surface area contributed by atoms with Gasteiger partial charge in [-0.15, -0.1) is 0 Å². The highest BCUT2D eigenvalue weighted by atomic mass is 16.5. The number of hydrogen-bond donors (Lipinski definition) is 3. The molecule has 0 saturated heterocycles. The second-order valence-corrected chi connectivity index (χ2v) is 14.8. The first-order valence-electron chi connectivity index (χ1n) is 16.2. The summed E-state index contributed by atoms with van der Waals surface area (Å²) in [5.41, 5.74) is 15.3. The number of ether oxygens (including phenoxy) is 1. The standard InChI is InChI=1S/C40H51N3O3/c1-22(2)35-37(41)32(20-44)26(6)40(45)27(7)36-25(5)34-24(4)29(19-42-28(8)46-30-15-13-23(3)14-16-30)17-33(43(11)12)31(34)18-38(36,9)21-39(35,40)10/h13-17,20,22,35,42,45H,5-6,8,18-19,21,41H2,1-4,7,9-12H3/t35-,38+,39+,40-/m1/s1. The molecule has 0 bridgehead atoms. The van der Waals surface area contributed by atoms with Crippen molar-refractivity contribution < 1.29 is 14.6 Å². The maximum Gasteiger partial charge on any atom is 0.186 e. The summed E-state index contributed by atoms with van der Waals surface area (Å²) in [5, 5.41) is 16.3. The number of aryl methyl sites for hydroxylation is 1. The zero-order chi connectivity index (χ0) is 34.1. The first-order valence-corrected chi connectivity index (χ1v) is 16.2. The largest absolute Gasteiger partial charge is 0.442 e. The average molecular weight is 622 g/mol. The van der Waals surface area contributed by atoms with Gasteiger partial charge in [0.2, 0.25) is 0 Å². The minimum absolute atomic E-state index is 0.107. The summed E-state index contributed by atoms with van der Waals surface area (Å²) in [6.45, 7) is 28.6. The van der Waals surface area contributed by atoms with Crippen LogP contribution in [0.15, 0.2) is 83.9 Å². The predicted octanol–water partition coefficient (Wildman–Crippen LogP) is 7.30. The van der Waals surface area contributed by atoms with Gasteiger partial charge in [-0.1, -0.05) is 58.5 Å². The third-order valence-electron chi connectivity index (χ3n) is 11.2. The smallest absolute Gasteiger partial charge is 0.186 e. The van der Waals surface area contributed by atoms with E-state index in [0.717, 1.165) is 57.6 Å². The molecule has 3 aliphatic carbocycles. The quantitative estimate of drug-likeness (QED) is 0.212. The van der Waals surface area contributed by atoms with Crippen LogP contribution in [-0.4, -0.2) is 31.1 Å². The molecule has 2 aromatic rings. The average Bonchev–Trinajstić information content (AvgIpc) is 2.95.